The van der Waals surface area contributed by atoms with Crippen LogP contribution in [0.1, 0.15) is 16.7 Å². The maximum Gasteiger partial charge on any atom is 0.363 e. The minimum absolute atomic E-state index is 0.0200. The van der Waals surface area contributed by atoms with Crippen LogP contribution in [0.2, 0.25) is 0 Å². The maximum atomic E-state index is 12.6. The molecule has 0 radical (unpaired) electrons. The highest BCUT2D eigenvalue weighted by atomic mass is 79.9. The van der Waals surface area contributed by atoms with Crippen LogP contribution in [0.3, 0.4) is 0 Å². The Kier molecular flexibility index (Phi) is 6.35. The second-order valence-corrected chi connectivity index (χ2v) is 9.48. The Bertz CT molecular complexity index is 1390. The molecule has 1 heterocycles. The summed E-state index contributed by atoms with van der Waals surface area (Å²) >= 11 is 3.41. The molecule has 0 bridgehead atoms. The van der Waals surface area contributed by atoms with Crippen molar-refractivity contribution >= 4 is 44.0 Å². The zero-order chi connectivity index (χ0) is 23.6. The zero-order valence-corrected chi connectivity index (χ0v) is 20.0. The topological polar surface area (TPSA) is 91.3 Å². The maximum absolute atomic E-state index is 12.6. The molecular weight excluding hydrogens is 510 g/mol. The van der Waals surface area contributed by atoms with E-state index in [1.54, 1.807) is 30.3 Å². The lowest BCUT2D eigenvalue weighted by Crippen LogP contribution is -2.10. The summed E-state index contributed by atoms with van der Waals surface area (Å²) in [5.74, 6) is -0.204. The first-order valence-corrected chi connectivity index (χ1v) is 11.9. The first-order valence-electron chi connectivity index (χ1n) is 9.73. The first kappa shape index (κ1) is 22.8. The van der Waals surface area contributed by atoms with Crippen molar-refractivity contribution in [2.75, 3.05) is 7.11 Å². The molecule has 3 aromatic carbocycles. The number of halogens is 1. The Hall–Kier alpha value is -3.43. The number of methoxy groups -OCH3 is 1. The molecule has 0 aliphatic carbocycles. The fraction of sp³-hybridized carbons (Fsp3) is 0.0833. The largest absolute Gasteiger partial charge is 0.493 e. The van der Waals surface area contributed by atoms with E-state index in [1.807, 2.05) is 25.1 Å². The Labute approximate surface area is 199 Å². The standard InChI is InChI=1S/C24H18BrNO6S/c1-15-7-10-17(11-8-15)33(28,29)32-21-12-9-16(14-22(21)30-2)13-20-24(27)31-23(26-20)18-5-3-4-6-19(18)25/h3-14H,1-2H3/b20-13-. The van der Waals surface area contributed by atoms with E-state index in [0.717, 1.165) is 10.0 Å². The summed E-state index contributed by atoms with van der Waals surface area (Å²) in [7, 11) is -2.65. The van der Waals surface area contributed by atoms with Gasteiger partial charge in [-0.1, -0.05) is 35.9 Å². The van der Waals surface area contributed by atoms with Crippen LogP contribution in [0.15, 0.2) is 86.8 Å². The Morgan fingerprint density at radius 1 is 1.00 bits per heavy atom. The van der Waals surface area contributed by atoms with E-state index in [9.17, 15) is 13.2 Å². The van der Waals surface area contributed by atoms with Gasteiger partial charge < -0.3 is 13.7 Å². The second kappa shape index (κ2) is 9.21. The second-order valence-electron chi connectivity index (χ2n) is 7.08. The lowest BCUT2D eigenvalue weighted by atomic mass is 10.1. The van der Waals surface area contributed by atoms with Gasteiger partial charge in [-0.15, -0.1) is 0 Å². The van der Waals surface area contributed by atoms with Crippen LogP contribution in [-0.4, -0.2) is 27.4 Å². The molecule has 0 aromatic heterocycles. The van der Waals surface area contributed by atoms with Gasteiger partial charge >= 0.3 is 16.1 Å². The number of carbonyl (C=O) groups is 1. The van der Waals surface area contributed by atoms with Crippen molar-refractivity contribution in [3.05, 3.63) is 93.6 Å². The van der Waals surface area contributed by atoms with Gasteiger partial charge in [-0.2, -0.15) is 8.42 Å². The number of cyclic esters (lactones) is 1. The number of esters is 1. The molecule has 0 unspecified atom stereocenters. The first-order chi connectivity index (χ1) is 15.8. The number of ether oxygens (including phenoxy) is 2. The lowest BCUT2D eigenvalue weighted by Gasteiger charge is -2.11. The fourth-order valence-electron chi connectivity index (χ4n) is 3.03. The Balaban J connectivity index is 1.62. The quantitative estimate of drug-likeness (QED) is 0.258. The van der Waals surface area contributed by atoms with E-state index in [1.165, 1.54) is 31.4 Å². The summed E-state index contributed by atoms with van der Waals surface area (Å²) in [4.78, 5) is 16.6. The monoisotopic (exact) mass is 527 g/mol. The smallest absolute Gasteiger partial charge is 0.363 e. The van der Waals surface area contributed by atoms with E-state index >= 15 is 0 Å². The average molecular weight is 528 g/mol. The molecule has 9 heteroatoms. The summed E-state index contributed by atoms with van der Waals surface area (Å²) in [5.41, 5.74) is 2.23. The van der Waals surface area contributed by atoms with Crippen LogP contribution in [0.5, 0.6) is 11.5 Å². The SMILES string of the molecule is COc1cc(/C=C2\N=C(c3ccccc3Br)OC2=O)ccc1OS(=O)(=O)c1ccc(C)cc1. The van der Waals surface area contributed by atoms with E-state index in [0.29, 0.717) is 11.1 Å². The molecule has 0 spiro atoms. The van der Waals surface area contributed by atoms with Crippen molar-refractivity contribution in [1.29, 1.82) is 0 Å². The van der Waals surface area contributed by atoms with Crippen molar-refractivity contribution < 1.29 is 26.9 Å². The molecule has 0 amide bonds. The van der Waals surface area contributed by atoms with Crippen molar-refractivity contribution in [3.8, 4) is 11.5 Å². The lowest BCUT2D eigenvalue weighted by molar-refractivity contribution is -0.129. The van der Waals surface area contributed by atoms with Gasteiger partial charge in [0.25, 0.3) is 0 Å². The van der Waals surface area contributed by atoms with E-state index in [2.05, 4.69) is 20.9 Å². The third-order valence-electron chi connectivity index (χ3n) is 4.72. The number of carbonyl (C=O) groups excluding carboxylic acids is 1. The summed E-state index contributed by atoms with van der Waals surface area (Å²) in [6, 6.07) is 18.2. The molecule has 168 valence electrons. The van der Waals surface area contributed by atoms with E-state index < -0.39 is 16.1 Å². The van der Waals surface area contributed by atoms with Crippen LogP contribution in [-0.2, 0) is 19.6 Å². The van der Waals surface area contributed by atoms with Gasteiger partial charge in [0.1, 0.15) is 4.90 Å². The Morgan fingerprint density at radius 3 is 2.42 bits per heavy atom. The number of rotatable bonds is 6. The molecule has 3 aromatic rings. The molecule has 1 aliphatic rings. The summed E-state index contributed by atoms with van der Waals surface area (Å²) in [6.07, 6.45) is 1.52. The number of aryl methyl sites for hydroxylation is 1. The molecule has 0 saturated heterocycles. The highest BCUT2D eigenvalue weighted by Crippen LogP contribution is 2.32. The van der Waals surface area contributed by atoms with Gasteiger partial charge in [-0.3, -0.25) is 0 Å². The number of hydrogen-bond acceptors (Lipinski definition) is 7. The van der Waals surface area contributed by atoms with Crippen LogP contribution in [0.4, 0.5) is 0 Å². The van der Waals surface area contributed by atoms with Gasteiger partial charge in [-0.05, 0) is 70.9 Å². The zero-order valence-electron chi connectivity index (χ0n) is 17.6. The van der Waals surface area contributed by atoms with Gasteiger partial charge in [0.05, 0.1) is 12.7 Å². The van der Waals surface area contributed by atoms with E-state index in [-0.39, 0.29) is 28.0 Å². The Morgan fingerprint density at radius 2 is 1.73 bits per heavy atom. The third kappa shape index (κ3) is 4.99. The minimum atomic E-state index is -4.04. The fourth-order valence-corrected chi connectivity index (χ4v) is 4.43. The van der Waals surface area contributed by atoms with Crippen molar-refractivity contribution in [2.45, 2.75) is 11.8 Å². The van der Waals surface area contributed by atoms with Gasteiger partial charge in [0.2, 0.25) is 5.90 Å². The molecule has 0 saturated carbocycles. The molecular formula is C24H18BrNO6S. The van der Waals surface area contributed by atoms with Crippen LogP contribution < -0.4 is 8.92 Å². The van der Waals surface area contributed by atoms with Crippen molar-refractivity contribution in [2.24, 2.45) is 4.99 Å². The summed E-state index contributed by atoms with van der Waals surface area (Å²) in [6.45, 7) is 1.86. The van der Waals surface area contributed by atoms with E-state index in [4.69, 9.17) is 13.7 Å². The van der Waals surface area contributed by atoms with Gasteiger partial charge in [-0.25, -0.2) is 9.79 Å². The van der Waals surface area contributed by atoms with Gasteiger partial charge in [0, 0.05) is 4.47 Å². The number of hydrogen-bond donors (Lipinski definition) is 0. The predicted octanol–water partition coefficient (Wildman–Crippen LogP) is 4.88. The predicted molar refractivity (Wildman–Crippen MR) is 127 cm³/mol. The molecule has 0 fully saturated rings. The summed E-state index contributed by atoms with van der Waals surface area (Å²) in [5, 5.41) is 0. The number of nitrogens with zero attached hydrogens (tertiary/aromatic N) is 1. The van der Waals surface area contributed by atoms with Crippen LogP contribution in [0.25, 0.3) is 6.08 Å². The molecule has 1 aliphatic heterocycles. The molecule has 7 nitrogen and oxygen atoms in total. The van der Waals surface area contributed by atoms with Crippen molar-refractivity contribution in [1.82, 2.24) is 0 Å². The van der Waals surface area contributed by atoms with Crippen molar-refractivity contribution in [3.63, 3.8) is 0 Å². The highest BCUT2D eigenvalue weighted by Gasteiger charge is 2.26. The molecule has 4 rings (SSSR count). The normalized spacial score (nSPS) is 14.7. The minimum Gasteiger partial charge on any atom is -0.493 e. The molecule has 0 atom stereocenters. The number of benzene rings is 3. The molecule has 33 heavy (non-hydrogen) atoms. The average Bonchev–Trinajstić information content (AvgIpc) is 3.15. The molecule has 0 N–H and O–H groups in total. The number of aliphatic imine (C=N–C) groups is 1. The van der Waals surface area contributed by atoms with Gasteiger partial charge in [0.15, 0.2) is 17.2 Å². The van der Waals surface area contributed by atoms with Crippen LogP contribution in [0, 0.1) is 6.92 Å². The van der Waals surface area contributed by atoms with Crippen LogP contribution >= 0.6 is 15.9 Å². The summed E-state index contributed by atoms with van der Waals surface area (Å²) < 4.78 is 41.9. The third-order valence-corrected chi connectivity index (χ3v) is 6.66. The highest BCUT2D eigenvalue weighted by molar-refractivity contribution is 9.10.